The first-order chi connectivity index (χ1) is 13.5. The van der Waals surface area contributed by atoms with Crippen LogP contribution in [-0.4, -0.2) is 68.5 Å². The number of hydrogen-bond donors (Lipinski definition) is 5. The first-order valence-corrected chi connectivity index (χ1v) is 10.1. The molecule has 3 unspecified atom stereocenters. The van der Waals surface area contributed by atoms with Crippen LogP contribution in [0.25, 0.3) is 0 Å². The van der Waals surface area contributed by atoms with Gasteiger partial charge in [0.15, 0.2) is 11.4 Å². The average Bonchev–Trinajstić information content (AvgIpc) is 2.63. The Balaban J connectivity index is 2.30. The van der Waals surface area contributed by atoms with Crippen LogP contribution in [0.2, 0.25) is 0 Å². The molecule has 0 aromatic carbocycles. The Hall–Kier alpha value is -2.18. The number of halogens is 1. The van der Waals surface area contributed by atoms with E-state index < -0.39 is 58.0 Å². The van der Waals surface area contributed by atoms with Crippen LogP contribution in [0.1, 0.15) is 12.8 Å². The zero-order chi connectivity index (χ0) is 21.8. The second-order valence-corrected chi connectivity index (χ2v) is 8.26. The second-order valence-electron chi connectivity index (χ2n) is 7.64. The first kappa shape index (κ1) is 21.5. The van der Waals surface area contributed by atoms with E-state index in [0.29, 0.717) is 11.8 Å². The molecule has 0 spiro atoms. The molecule has 3 aliphatic rings. The van der Waals surface area contributed by atoms with Gasteiger partial charge in [0, 0.05) is 11.5 Å². The van der Waals surface area contributed by atoms with Crippen molar-refractivity contribution in [2.75, 3.05) is 14.1 Å². The van der Waals surface area contributed by atoms with Crippen LogP contribution in [-0.2, 0) is 14.4 Å². The van der Waals surface area contributed by atoms with Crippen molar-refractivity contribution in [2.45, 2.75) is 24.5 Å². The van der Waals surface area contributed by atoms with Crippen molar-refractivity contribution in [3.8, 4) is 0 Å². The number of carbonyl (C=O) groups is 3. The van der Waals surface area contributed by atoms with Gasteiger partial charge in [-0.2, -0.15) is 0 Å². The number of carbonyl (C=O) groups excluding carboxylic acids is 3. The van der Waals surface area contributed by atoms with Crippen molar-refractivity contribution < 1.29 is 34.8 Å². The minimum atomic E-state index is -2.60. The van der Waals surface area contributed by atoms with E-state index in [4.69, 9.17) is 5.73 Å². The Bertz CT molecular complexity index is 946. The summed E-state index contributed by atoms with van der Waals surface area (Å²) in [5, 5.41) is 42.1. The van der Waals surface area contributed by atoms with E-state index in [0.717, 1.165) is 0 Å². The number of fused-ring (bicyclic) bond motifs is 2. The number of likely N-dealkylation sites (N-methyl/N-ethyl adjacent to an activating group) is 1. The molecule has 0 aromatic rings. The van der Waals surface area contributed by atoms with E-state index in [1.54, 1.807) is 18.2 Å². The monoisotopic (exact) mass is 516 g/mol. The summed E-state index contributed by atoms with van der Waals surface area (Å²) in [6.07, 6.45) is 1.04. The third-order valence-corrected chi connectivity index (χ3v) is 6.71. The minimum absolute atomic E-state index is 0.0377. The molecule has 29 heavy (non-hydrogen) atoms. The number of nitrogens with zero attached hydrogens (tertiary/aromatic N) is 1. The van der Waals surface area contributed by atoms with Crippen LogP contribution >= 0.6 is 22.6 Å². The van der Waals surface area contributed by atoms with Crippen LogP contribution in [0.4, 0.5) is 0 Å². The van der Waals surface area contributed by atoms with Gasteiger partial charge >= 0.3 is 0 Å². The lowest BCUT2D eigenvalue weighted by Crippen LogP contribution is -2.65. The van der Waals surface area contributed by atoms with Gasteiger partial charge in [0.25, 0.3) is 5.91 Å². The molecule has 9 nitrogen and oxygen atoms in total. The summed E-state index contributed by atoms with van der Waals surface area (Å²) in [4.78, 5) is 39.5. The molecule has 1 saturated carbocycles. The lowest BCUT2D eigenvalue weighted by Gasteiger charge is -2.50. The largest absolute Gasteiger partial charge is 0.515 e. The van der Waals surface area contributed by atoms with Gasteiger partial charge in [-0.3, -0.25) is 19.3 Å². The zero-order valence-electron chi connectivity index (χ0n) is 15.7. The topological polar surface area (TPSA) is 161 Å². The molecule has 0 aliphatic heterocycles. The van der Waals surface area contributed by atoms with Crippen LogP contribution in [0, 0.1) is 11.8 Å². The van der Waals surface area contributed by atoms with Gasteiger partial charge < -0.3 is 26.2 Å². The van der Waals surface area contributed by atoms with Crippen molar-refractivity contribution in [3.63, 3.8) is 0 Å². The molecule has 10 heteroatoms. The highest BCUT2D eigenvalue weighted by Gasteiger charge is 2.64. The lowest BCUT2D eigenvalue weighted by molar-refractivity contribution is -0.154. The van der Waals surface area contributed by atoms with Gasteiger partial charge in [-0.05, 0) is 42.5 Å². The van der Waals surface area contributed by atoms with Crippen molar-refractivity contribution in [1.82, 2.24) is 4.90 Å². The Morgan fingerprint density at radius 2 is 1.93 bits per heavy atom. The van der Waals surface area contributed by atoms with Crippen molar-refractivity contribution in [2.24, 2.45) is 17.6 Å². The summed E-state index contributed by atoms with van der Waals surface area (Å²) in [6.45, 7) is 0. The Labute approximate surface area is 180 Å². The summed E-state index contributed by atoms with van der Waals surface area (Å²) in [5.74, 6) is -6.24. The SMILES string of the molecule is CN(C)C1C(=O)C(C(N)=O)=C(O)[C@@]2(O)C(=O)C3=C(O)C(=C\O)/C(=C/I)CC3CC12. The fourth-order valence-electron chi connectivity index (χ4n) is 4.67. The molecule has 0 radical (unpaired) electrons. The lowest BCUT2D eigenvalue weighted by atomic mass is 9.57. The summed E-state index contributed by atoms with van der Waals surface area (Å²) in [7, 11) is 3.11. The molecular weight excluding hydrogens is 495 g/mol. The maximum Gasteiger partial charge on any atom is 0.255 e. The number of amides is 1. The zero-order valence-corrected chi connectivity index (χ0v) is 17.9. The molecule has 1 fully saturated rings. The molecule has 6 N–H and O–H groups in total. The quantitative estimate of drug-likeness (QED) is 0.204. The van der Waals surface area contributed by atoms with Gasteiger partial charge in [0.05, 0.1) is 17.9 Å². The van der Waals surface area contributed by atoms with E-state index in [1.165, 1.54) is 4.90 Å². The number of aliphatic hydroxyl groups is 4. The molecule has 0 bridgehead atoms. The number of Topliss-reactive ketones (excluding diaryl/α,β-unsaturated/α-hetero) is 2. The molecule has 0 heterocycles. The van der Waals surface area contributed by atoms with Gasteiger partial charge in [-0.25, -0.2) is 0 Å². The summed E-state index contributed by atoms with van der Waals surface area (Å²) >= 11 is 1.95. The van der Waals surface area contributed by atoms with Crippen molar-refractivity contribution >= 4 is 40.1 Å². The highest BCUT2D eigenvalue weighted by Crippen LogP contribution is 2.52. The predicted molar refractivity (Wildman–Crippen MR) is 110 cm³/mol. The van der Waals surface area contributed by atoms with Crippen molar-refractivity contribution in [1.29, 1.82) is 0 Å². The number of nitrogens with two attached hydrogens (primary N) is 1. The average molecular weight is 516 g/mol. The maximum absolute atomic E-state index is 13.4. The van der Waals surface area contributed by atoms with E-state index in [2.05, 4.69) is 0 Å². The molecule has 0 aromatic heterocycles. The van der Waals surface area contributed by atoms with Crippen LogP contribution in [0.3, 0.4) is 0 Å². The number of primary amides is 1. The number of ketones is 2. The standard InChI is InChI=1S/C19H21IN2O7/c1-22(2)13-10-4-7-3-8(5-20)9(6-23)14(24)11(7)16(26)19(10,29)17(27)12(15(13)25)18(21)28/h5-7,10,13,23-24,27,29H,3-4H2,1-2H3,(H2,21,28)/b8-5+,9-6-/t7?,10?,13?,19-/m0/s1. The fraction of sp³-hybridized carbons (Fsp3) is 0.421. The fourth-order valence-corrected chi connectivity index (χ4v) is 5.26. The van der Waals surface area contributed by atoms with E-state index in [-0.39, 0.29) is 24.0 Å². The number of aliphatic hydroxyl groups excluding tert-OH is 3. The highest BCUT2D eigenvalue weighted by atomic mass is 127. The van der Waals surface area contributed by atoms with Gasteiger partial charge in [-0.15, -0.1) is 0 Å². The van der Waals surface area contributed by atoms with Gasteiger partial charge in [0.1, 0.15) is 17.1 Å². The summed E-state index contributed by atoms with van der Waals surface area (Å²) in [5.41, 5.74) is 2.30. The van der Waals surface area contributed by atoms with E-state index in [1.807, 2.05) is 22.6 Å². The molecule has 3 rings (SSSR count). The molecule has 156 valence electrons. The van der Waals surface area contributed by atoms with Crippen LogP contribution < -0.4 is 5.73 Å². The smallest absolute Gasteiger partial charge is 0.255 e. The Kier molecular flexibility index (Phi) is 5.39. The van der Waals surface area contributed by atoms with Crippen molar-refractivity contribution in [3.05, 3.63) is 44.2 Å². The summed E-state index contributed by atoms with van der Waals surface area (Å²) in [6, 6.07) is -1.08. The normalized spacial score (nSPS) is 35.4. The maximum atomic E-state index is 13.4. The van der Waals surface area contributed by atoms with E-state index in [9.17, 15) is 34.8 Å². The first-order valence-electron chi connectivity index (χ1n) is 8.81. The Morgan fingerprint density at radius 3 is 2.41 bits per heavy atom. The third-order valence-electron chi connectivity index (χ3n) is 5.95. The van der Waals surface area contributed by atoms with Gasteiger partial charge in [-0.1, -0.05) is 22.6 Å². The van der Waals surface area contributed by atoms with Crippen LogP contribution in [0.15, 0.2) is 44.2 Å². The molecular formula is C19H21IN2O7. The highest BCUT2D eigenvalue weighted by molar-refractivity contribution is 14.1. The molecule has 0 saturated heterocycles. The number of hydrogen-bond acceptors (Lipinski definition) is 8. The molecule has 4 atom stereocenters. The number of rotatable bonds is 2. The van der Waals surface area contributed by atoms with Crippen LogP contribution in [0.5, 0.6) is 0 Å². The predicted octanol–water partition coefficient (Wildman–Crippen LogP) is 0.710. The number of allylic oxidation sites excluding steroid dienone is 1. The third kappa shape index (κ3) is 2.84. The van der Waals surface area contributed by atoms with E-state index >= 15 is 0 Å². The molecule has 3 aliphatic carbocycles. The molecule has 1 amide bonds. The minimum Gasteiger partial charge on any atom is -0.515 e. The second kappa shape index (κ2) is 7.26. The van der Waals surface area contributed by atoms with Gasteiger partial charge in [0.2, 0.25) is 5.78 Å². The summed E-state index contributed by atoms with van der Waals surface area (Å²) < 4.78 is 1.66. The Morgan fingerprint density at radius 1 is 1.31 bits per heavy atom.